The maximum Gasteiger partial charge on any atom is 0.411 e. The van der Waals surface area contributed by atoms with Crippen molar-refractivity contribution in [3.63, 3.8) is 0 Å². The summed E-state index contributed by atoms with van der Waals surface area (Å²) in [4.78, 5) is 13.1. The Morgan fingerprint density at radius 1 is 1.31 bits per heavy atom. The van der Waals surface area contributed by atoms with Crippen molar-refractivity contribution in [1.29, 1.82) is 0 Å². The average molecular weight is 240 g/mol. The fourth-order valence-corrected chi connectivity index (χ4v) is 1.42. The number of hydrogen-bond donors (Lipinski definition) is 1. The quantitative estimate of drug-likeness (QED) is 0.723. The van der Waals surface area contributed by atoms with Crippen LogP contribution in [0.1, 0.15) is 6.42 Å². The molecule has 0 unspecified atom stereocenters. The average Bonchev–Trinajstić information content (AvgIpc) is 2.24. The first-order valence-electron chi connectivity index (χ1n) is 5.12. The van der Waals surface area contributed by atoms with Crippen LogP contribution < -0.4 is 5.32 Å². The summed E-state index contributed by atoms with van der Waals surface area (Å²) in [6.45, 7) is 1.21. The number of alkyl halides is 3. The van der Waals surface area contributed by atoms with Crippen LogP contribution in [0.25, 0.3) is 0 Å². The molecule has 16 heavy (non-hydrogen) atoms. The molecule has 0 atom stereocenters. The van der Waals surface area contributed by atoms with Gasteiger partial charge in [-0.25, -0.2) is 0 Å². The maximum atomic E-state index is 11.7. The lowest BCUT2D eigenvalue weighted by molar-refractivity contribution is -0.175. The summed E-state index contributed by atoms with van der Waals surface area (Å²) in [5.41, 5.74) is 0. The van der Waals surface area contributed by atoms with Crippen molar-refractivity contribution in [2.45, 2.75) is 12.6 Å². The summed E-state index contributed by atoms with van der Waals surface area (Å²) < 4.78 is 39.5. The molecule has 4 nitrogen and oxygen atoms in total. The molecule has 0 saturated carbocycles. The molecule has 1 heterocycles. The normalized spacial score (nSPS) is 17.6. The van der Waals surface area contributed by atoms with Crippen molar-refractivity contribution in [3.8, 4) is 0 Å². The van der Waals surface area contributed by atoms with Gasteiger partial charge in [-0.1, -0.05) is 0 Å². The predicted molar refractivity (Wildman–Crippen MR) is 50.9 cm³/mol. The molecule has 0 aliphatic carbocycles. The highest BCUT2D eigenvalue weighted by Crippen LogP contribution is 2.14. The standard InChI is InChI=1S/C9H15F3N2O2/c10-9(11,12)7-16-6-1-8(15)14-4-2-13-3-5-14/h13H,1-7H2. The van der Waals surface area contributed by atoms with E-state index in [4.69, 9.17) is 0 Å². The number of nitrogens with zero attached hydrogens (tertiary/aromatic N) is 1. The molecule has 1 aliphatic heterocycles. The number of halogens is 3. The summed E-state index contributed by atoms with van der Waals surface area (Å²) in [7, 11) is 0. The van der Waals surface area contributed by atoms with Gasteiger partial charge in [0.25, 0.3) is 0 Å². The van der Waals surface area contributed by atoms with Crippen LogP contribution in [0.4, 0.5) is 13.2 Å². The van der Waals surface area contributed by atoms with Crippen LogP contribution in [0.15, 0.2) is 0 Å². The van der Waals surface area contributed by atoms with E-state index in [2.05, 4.69) is 10.1 Å². The van der Waals surface area contributed by atoms with Gasteiger partial charge in [-0.05, 0) is 0 Å². The zero-order chi connectivity index (χ0) is 12.0. The highest BCUT2D eigenvalue weighted by atomic mass is 19.4. The van der Waals surface area contributed by atoms with Gasteiger partial charge in [-0.15, -0.1) is 0 Å². The summed E-state index contributed by atoms with van der Waals surface area (Å²) in [6, 6.07) is 0. The van der Waals surface area contributed by atoms with Gasteiger partial charge in [-0.2, -0.15) is 13.2 Å². The Morgan fingerprint density at radius 2 is 1.94 bits per heavy atom. The van der Waals surface area contributed by atoms with E-state index in [1.165, 1.54) is 0 Å². The molecule has 0 aromatic rings. The van der Waals surface area contributed by atoms with E-state index in [0.717, 1.165) is 13.1 Å². The molecular formula is C9H15F3N2O2. The first-order valence-corrected chi connectivity index (χ1v) is 5.12. The van der Waals surface area contributed by atoms with Crippen molar-refractivity contribution in [3.05, 3.63) is 0 Å². The summed E-state index contributed by atoms with van der Waals surface area (Å²) in [6.07, 6.45) is -4.31. The topological polar surface area (TPSA) is 41.6 Å². The third-order valence-corrected chi connectivity index (χ3v) is 2.20. The maximum absolute atomic E-state index is 11.7. The van der Waals surface area contributed by atoms with E-state index in [1.807, 2.05) is 0 Å². The molecule has 0 radical (unpaired) electrons. The Kier molecular flexibility index (Phi) is 5.01. The number of nitrogens with one attached hydrogen (secondary N) is 1. The molecule has 1 rings (SSSR count). The van der Waals surface area contributed by atoms with Crippen molar-refractivity contribution >= 4 is 5.91 Å². The third kappa shape index (κ3) is 5.32. The van der Waals surface area contributed by atoms with Gasteiger partial charge in [0.15, 0.2) is 0 Å². The van der Waals surface area contributed by atoms with E-state index in [0.29, 0.717) is 13.1 Å². The second kappa shape index (κ2) is 6.05. The number of hydrogen-bond acceptors (Lipinski definition) is 3. The second-order valence-corrected chi connectivity index (χ2v) is 3.55. The van der Waals surface area contributed by atoms with Gasteiger partial charge >= 0.3 is 6.18 Å². The minimum absolute atomic E-state index is 0.0100. The number of amides is 1. The Hall–Kier alpha value is -0.820. The summed E-state index contributed by atoms with van der Waals surface area (Å²) in [5, 5.41) is 3.08. The van der Waals surface area contributed by atoms with E-state index in [-0.39, 0.29) is 18.9 Å². The van der Waals surface area contributed by atoms with Gasteiger partial charge < -0.3 is 15.0 Å². The molecule has 1 fully saturated rings. The fourth-order valence-electron chi connectivity index (χ4n) is 1.42. The lowest BCUT2D eigenvalue weighted by Crippen LogP contribution is -2.46. The molecule has 1 amide bonds. The number of carbonyl (C=O) groups excluding carboxylic acids is 1. The highest BCUT2D eigenvalue weighted by Gasteiger charge is 2.27. The highest BCUT2D eigenvalue weighted by molar-refractivity contribution is 5.76. The summed E-state index contributed by atoms with van der Waals surface area (Å²) in [5.74, 6) is -0.149. The molecule has 1 N–H and O–H groups in total. The van der Waals surface area contributed by atoms with Crippen molar-refractivity contribution in [2.24, 2.45) is 0 Å². The van der Waals surface area contributed by atoms with Crippen molar-refractivity contribution in [1.82, 2.24) is 10.2 Å². The Bertz CT molecular complexity index is 227. The van der Waals surface area contributed by atoms with Crippen LogP contribution in [-0.4, -0.2) is 56.4 Å². The van der Waals surface area contributed by atoms with E-state index < -0.39 is 12.8 Å². The summed E-state index contributed by atoms with van der Waals surface area (Å²) >= 11 is 0. The molecule has 0 aromatic heterocycles. The molecule has 0 aromatic carbocycles. The Balaban J connectivity index is 2.10. The van der Waals surface area contributed by atoms with Crippen LogP contribution in [-0.2, 0) is 9.53 Å². The fraction of sp³-hybridized carbons (Fsp3) is 0.889. The molecule has 0 spiro atoms. The van der Waals surface area contributed by atoms with Gasteiger partial charge in [0.05, 0.1) is 13.0 Å². The first kappa shape index (κ1) is 13.2. The predicted octanol–water partition coefficient (Wildman–Crippen LogP) is 0.387. The van der Waals surface area contributed by atoms with Gasteiger partial charge in [0.1, 0.15) is 6.61 Å². The SMILES string of the molecule is O=C(CCOCC(F)(F)F)N1CCNCC1. The minimum atomic E-state index is -4.32. The third-order valence-electron chi connectivity index (χ3n) is 2.20. The Morgan fingerprint density at radius 3 is 2.50 bits per heavy atom. The van der Waals surface area contributed by atoms with Gasteiger partial charge in [-0.3, -0.25) is 4.79 Å². The van der Waals surface area contributed by atoms with Crippen molar-refractivity contribution < 1.29 is 22.7 Å². The minimum Gasteiger partial charge on any atom is -0.372 e. The molecule has 0 bridgehead atoms. The van der Waals surface area contributed by atoms with Crippen LogP contribution in [0, 0.1) is 0 Å². The van der Waals surface area contributed by atoms with E-state index in [1.54, 1.807) is 4.90 Å². The zero-order valence-corrected chi connectivity index (χ0v) is 8.85. The van der Waals surface area contributed by atoms with Crippen LogP contribution in [0.2, 0.25) is 0 Å². The first-order chi connectivity index (χ1) is 7.49. The van der Waals surface area contributed by atoms with Crippen LogP contribution in [0.5, 0.6) is 0 Å². The zero-order valence-electron chi connectivity index (χ0n) is 8.85. The molecule has 94 valence electrons. The van der Waals surface area contributed by atoms with Gasteiger partial charge in [0.2, 0.25) is 5.91 Å². The largest absolute Gasteiger partial charge is 0.411 e. The lowest BCUT2D eigenvalue weighted by Gasteiger charge is -2.27. The van der Waals surface area contributed by atoms with Gasteiger partial charge in [0, 0.05) is 26.2 Å². The lowest BCUT2D eigenvalue weighted by atomic mass is 10.3. The van der Waals surface area contributed by atoms with Crippen molar-refractivity contribution in [2.75, 3.05) is 39.4 Å². The monoisotopic (exact) mass is 240 g/mol. The molecule has 7 heteroatoms. The van der Waals surface area contributed by atoms with Crippen LogP contribution in [0.3, 0.4) is 0 Å². The smallest absolute Gasteiger partial charge is 0.372 e. The van der Waals surface area contributed by atoms with Crippen LogP contribution >= 0.6 is 0 Å². The number of carbonyl (C=O) groups is 1. The molecular weight excluding hydrogens is 225 g/mol. The Labute approximate surface area is 91.7 Å². The molecule has 1 saturated heterocycles. The number of piperazine rings is 1. The second-order valence-electron chi connectivity index (χ2n) is 3.55. The molecule has 1 aliphatic rings. The van der Waals surface area contributed by atoms with E-state index >= 15 is 0 Å². The number of rotatable bonds is 4. The van der Waals surface area contributed by atoms with E-state index in [9.17, 15) is 18.0 Å². The number of ether oxygens (including phenoxy) is 1.